The first-order chi connectivity index (χ1) is 5.26. The summed E-state index contributed by atoms with van der Waals surface area (Å²) in [5, 5.41) is 0. The number of hydrogen-bond donors (Lipinski definition) is 1. The molecule has 11 heavy (non-hydrogen) atoms. The Morgan fingerprint density at radius 3 is 2.64 bits per heavy atom. The van der Waals surface area contributed by atoms with Crippen LogP contribution in [0.2, 0.25) is 0 Å². The van der Waals surface area contributed by atoms with Gasteiger partial charge < -0.3 is 10.5 Å². The van der Waals surface area contributed by atoms with Crippen molar-refractivity contribution in [3.05, 3.63) is 30.2 Å². The average Bonchev–Trinajstić information content (AvgIpc) is 2.03. The van der Waals surface area contributed by atoms with Gasteiger partial charge in [-0.2, -0.15) is 0 Å². The normalized spacial score (nSPS) is 9.27. The maximum absolute atomic E-state index is 5.61. The lowest BCUT2D eigenvalue weighted by Crippen LogP contribution is -1.90. The first kappa shape index (κ1) is 7.79. The monoisotopic (exact) mass is 150 g/mol. The Morgan fingerprint density at radius 2 is 2.09 bits per heavy atom. The Labute approximate surface area is 67.0 Å². The maximum atomic E-state index is 5.61. The quantitative estimate of drug-likeness (QED) is 0.515. The molecular weight excluding hydrogens is 138 g/mol. The fourth-order valence-electron chi connectivity index (χ4n) is 0.931. The van der Waals surface area contributed by atoms with E-state index >= 15 is 0 Å². The highest BCUT2D eigenvalue weighted by Gasteiger charge is 2.04. The number of methoxy groups -OCH3 is 1. The van der Waals surface area contributed by atoms with Crippen LogP contribution < -0.4 is 10.5 Å². The van der Waals surface area contributed by atoms with Crippen molar-refractivity contribution < 1.29 is 4.74 Å². The summed E-state index contributed by atoms with van der Waals surface area (Å²) in [7, 11) is 1.63. The third-order valence-corrected chi connectivity index (χ3v) is 1.52. The highest BCUT2D eigenvalue weighted by atomic mass is 16.5. The van der Waals surface area contributed by atoms with Crippen molar-refractivity contribution in [2.75, 3.05) is 12.8 Å². The second-order valence-electron chi connectivity index (χ2n) is 2.33. The predicted octanol–water partition coefficient (Wildman–Crippen LogP) is 1.85. The van der Waals surface area contributed by atoms with Crippen LogP contribution in [0.1, 0.15) is 12.5 Å². The number of hydrogen-bond acceptors (Lipinski definition) is 2. The minimum Gasteiger partial charge on any atom is -0.485 e. The van der Waals surface area contributed by atoms with Crippen molar-refractivity contribution in [2.24, 2.45) is 0 Å². The van der Waals surface area contributed by atoms with Gasteiger partial charge in [-0.1, -0.05) is 0 Å². The Morgan fingerprint density at radius 1 is 1.36 bits per heavy atom. The van der Waals surface area contributed by atoms with Gasteiger partial charge >= 0.3 is 0 Å². The van der Waals surface area contributed by atoms with Crippen LogP contribution in [-0.2, 0) is 0 Å². The summed E-state index contributed by atoms with van der Waals surface area (Å²) >= 11 is 0. The summed E-state index contributed by atoms with van der Waals surface area (Å²) < 4.78 is 5.04. The number of nitrogens with two attached hydrogens (primary N) is 1. The molecule has 2 heteroatoms. The van der Waals surface area contributed by atoms with Crippen molar-refractivity contribution in [1.82, 2.24) is 0 Å². The first-order valence-electron chi connectivity index (χ1n) is 3.50. The van der Waals surface area contributed by atoms with E-state index in [-0.39, 0.29) is 0 Å². The van der Waals surface area contributed by atoms with Gasteiger partial charge in [0.25, 0.3) is 0 Å². The number of benzene rings is 1. The molecule has 1 aromatic rings. The van der Waals surface area contributed by atoms with Gasteiger partial charge in [-0.25, -0.2) is 0 Å². The molecule has 0 aliphatic carbocycles. The highest BCUT2D eigenvalue weighted by molar-refractivity contribution is 5.49. The zero-order valence-corrected chi connectivity index (χ0v) is 6.79. The minimum atomic E-state index is 0.734. The van der Waals surface area contributed by atoms with Crippen LogP contribution in [0.3, 0.4) is 0 Å². The number of ether oxygens (including phenoxy) is 1. The second-order valence-corrected chi connectivity index (χ2v) is 2.33. The third-order valence-electron chi connectivity index (χ3n) is 1.52. The topological polar surface area (TPSA) is 35.2 Å². The summed E-state index contributed by atoms with van der Waals surface area (Å²) in [5.41, 5.74) is 7.43. The molecule has 2 nitrogen and oxygen atoms in total. The van der Waals surface area contributed by atoms with E-state index in [1.807, 2.05) is 25.5 Å². The molecule has 0 bridgehead atoms. The van der Waals surface area contributed by atoms with Crippen LogP contribution in [-0.4, -0.2) is 7.11 Å². The third kappa shape index (κ3) is 1.80. The highest BCUT2D eigenvalue weighted by Crippen LogP contribution is 2.18. The average molecular weight is 150 g/mol. The van der Waals surface area contributed by atoms with E-state index in [0.29, 0.717) is 0 Å². The minimum absolute atomic E-state index is 0.734. The molecule has 1 rings (SSSR count). The van der Waals surface area contributed by atoms with Crippen LogP contribution >= 0.6 is 0 Å². The molecule has 0 amide bonds. The standard InChI is InChI=1S/C9H12NO/c1-3-7-4-8(10)6-9(5-7)11-2/h3-6H,10H2,1-2H3/q+1. The van der Waals surface area contributed by atoms with Gasteiger partial charge in [0.2, 0.25) is 0 Å². The molecule has 0 atom stereocenters. The molecular formula is C9H12NO+. The Balaban J connectivity index is 3.02. The lowest BCUT2D eigenvalue weighted by Gasteiger charge is -1.97. The van der Waals surface area contributed by atoms with Crippen molar-refractivity contribution in [3.63, 3.8) is 0 Å². The number of anilines is 1. The molecule has 2 N–H and O–H groups in total. The lowest BCUT2D eigenvalue weighted by atomic mass is 10.1. The van der Waals surface area contributed by atoms with Crippen molar-refractivity contribution >= 4 is 5.69 Å². The molecule has 0 aromatic heterocycles. The van der Waals surface area contributed by atoms with Crippen molar-refractivity contribution in [3.8, 4) is 5.75 Å². The van der Waals surface area contributed by atoms with Gasteiger partial charge in [0.1, 0.15) is 5.56 Å². The molecule has 0 unspecified atom stereocenters. The largest absolute Gasteiger partial charge is 0.485 e. The van der Waals surface area contributed by atoms with Gasteiger partial charge in [-0.05, 0) is 0 Å². The van der Waals surface area contributed by atoms with E-state index in [2.05, 4.69) is 0 Å². The van der Waals surface area contributed by atoms with Gasteiger partial charge in [0, 0.05) is 19.4 Å². The summed E-state index contributed by atoms with van der Waals surface area (Å²) in [5.74, 6) is 0.804. The summed E-state index contributed by atoms with van der Waals surface area (Å²) in [6.45, 7) is 1.97. The first-order valence-corrected chi connectivity index (χ1v) is 3.50. The van der Waals surface area contributed by atoms with E-state index < -0.39 is 0 Å². The van der Waals surface area contributed by atoms with Crippen molar-refractivity contribution in [2.45, 2.75) is 6.92 Å². The molecule has 0 saturated heterocycles. The SMILES string of the molecule is C[CH+]c1cc(N)cc(OC)c1. The van der Waals surface area contributed by atoms with Gasteiger partial charge in [0.15, 0.2) is 5.75 Å². The van der Waals surface area contributed by atoms with Gasteiger partial charge in [-0.3, -0.25) is 0 Å². The molecule has 0 spiro atoms. The maximum Gasteiger partial charge on any atom is 0.179 e. The fourth-order valence-corrected chi connectivity index (χ4v) is 0.931. The Hall–Kier alpha value is -1.31. The fraction of sp³-hybridized carbons (Fsp3) is 0.222. The Bertz CT molecular complexity index is 223. The smallest absolute Gasteiger partial charge is 0.179 e. The summed E-state index contributed by atoms with van der Waals surface area (Å²) in [6, 6.07) is 5.64. The lowest BCUT2D eigenvalue weighted by molar-refractivity contribution is 0.415. The molecule has 58 valence electrons. The Kier molecular flexibility index (Phi) is 2.26. The number of nitrogen functional groups attached to an aromatic ring is 1. The van der Waals surface area contributed by atoms with Crippen LogP contribution in [0.5, 0.6) is 5.75 Å². The molecule has 0 aliphatic heterocycles. The van der Waals surface area contributed by atoms with E-state index in [9.17, 15) is 0 Å². The summed E-state index contributed by atoms with van der Waals surface area (Å²) in [6.07, 6.45) is 1.98. The predicted molar refractivity (Wildman–Crippen MR) is 46.5 cm³/mol. The molecule has 0 aliphatic rings. The zero-order valence-electron chi connectivity index (χ0n) is 6.79. The van der Waals surface area contributed by atoms with Crippen molar-refractivity contribution in [1.29, 1.82) is 0 Å². The van der Waals surface area contributed by atoms with Crippen LogP contribution in [0.25, 0.3) is 0 Å². The van der Waals surface area contributed by atoms with Crippen LogP contribution in [0.4, 0.5) is 5.69 Å². The molecule has 0 radical (unpaired) electrons. The van der Waals surface area contributed by atoms with E-state index in [1.165, 1.54) is 0 Å². The number of rotatable bonds is 2. The van der Waals surface area contributed by atoms with Crippen LogP contribution in [0, 0.1) is 6.42 Å². The zero-order chi connectivity index (χ0) is 8.27. The van der Waals surface area contributed by atoms with Crippen LogP contribution in [0.15, 0.2) is 18.2 Å². The molecule has 0 heterocycles. The molecule has 1 aromatic carbocycles. The molecule has 0 saturated carbocycles. The van der Waals surface area contributed by atoms with E-state index in [4.69, 9.17) is 10.5 Å². The molecule has 0 fully saturated rings. The second kappa shape index (κ2) is 3.19. The van der Waals surface area contributed by atoms with E-state index in [1.54, 1.807) is 13.2 Å². The van der Waals surface area contributed by atoms with Gasteiger partial charge in [0.05, 0.1) is 24.9 Å². The van der Waals surface area contributed by atoms with E-state index in [0.717, 1.165) is 17.0 Å². The van der Waals surface area contributed by atoms with Gasteiger partial charge in [-0.15, -0.1) is 0 Å². The summed E-state index contributed by atoms with van der Waals surface area (Å²) in [4.78, 5) is 0.